The molecule has 2 aliphatic rings. The molecule has 0 bridgehead atoms. The number of piperidine rings is 1. The first-order chi connectivity index (χ1) is 11.6. The molecule has 0 aromatic carbocycles. The lowest BCUT2D eigenvalue weighted by Crippen LogP contribution is -2.40. The minimum absolute atomic E-state index is 0.0740. The van der Waals surface area contributed by atoms with Crippen LogP contribution >= 0.6 is 0 Å². The zero-order valence-corrected chi connectivity index (χ0v) is 14.8. The minimum Gasteiger partial charge on any atom is -0.376 e. The summed E-state index contributed by atoms with van der Waals surface area (Å²) in [5, 5.41) is 0. The predicted octanol–water partition coefficient (Wildman–Crippen LogP) is 2.19. The van der Waals surface area contributed by atoms with E-state index in [1.807, 2.05) is 6.92 Å². The number of aryl methyl sites for hydroxylation is 1. The van der Waals surface area contributed by atoms with Gasteiger partial charge in [0.1, 0.15) is 5.82 Å². The van der Waals surface area contributed by atoms with Gasteiger partial charge in [0, 0.05) is 31.5 Å². The molecule has 2 saturated heterocycles. The molecule has 0 radical (unpaired) electrons. The number of nitrogens with zero attached hydrogens (tertiary/aromatic N) is 2. The van der Waals surface area contributed by atoms with Gasteiger partial charge in [-0.05, 0) is 46.0 Å². The van der Waals surface area contributed by atoms with E-state index in [0.717, 1.165) is 57.1 Å². The average Bonchev–Trinajstić information content (AvgIpc) is 2.60. The predicted molar refractivity (Wildman–Crippen MR) is 92.1 cm³/mol. The van der Waals surface area contributed by atoms with Crippen molar-refractivity contribution in [3.05, 3.63) is 27.9 Å². The summed E-state index contributed by atoms with van der Waals surface area (Å²) < 4.78 is 11.8. The molecule has 2 aliphatic heterocycles. The second-order valence-corrected chi connectivity index (χ2v) is 7.01. The molecule has 2 fully saturated rings. The van der Waals surface area contributed by atoms with Gasteiger partial charge in [0.25, 0.3) is 5.56 Å². The highest BCUT2D eigenvalue weighted by Gasteiger charge is 2.26. The molecule has 0 amide bonds. The van der Waals surface area contributed by atoms with Crippen LogP contribution in [0, 0.1) is 6.92 Å². The maximum absolute atomic E-state index is 11.6. The molecule has 1 aromatic heterocycles. The monoisotopic (exact) mass is 335 g/mol. The molecule has 3 heterocycles. The Labute approximate surface area is 143 Å². The van der Waals surface area contributed by atoms with E-state index in [1.54, 1.807) is 0 Å². The van der Waals surface area contributed by atoms with Gasteiger partial charge in [0.2, 0.25) is 0 Å². The number of aromatic nitrogens is 2. The van der Waals surface area contributed by atoms with Crippen molar-refractivity contribution >= 4 is 0 Å². The van der Waals surface area contributed by atoms with Crippen LogP contribution in [0.15, 0.2) is 10.9 Å². The van der Waals surface area contributed by atoms with E-state index in [9.17, 15) is 4.79 Å². The van der Waals surface area contributed by atoms with Gasteiger partial charge in [0.05, 0.1) is 24.9 Å². The zero-order chi connectivity index (χ0) is 16.9. The highest BCUT2D eigenvalue weighted by Crippen LogP contribution is 2.23. The normalized spacial score (nSPS) is 24.8. The number of hydrogen-bond donors (Lipinski definition) is 1. The first-order valence-corrected chi connectivity index (χ1v) is 9.17. The number of likely N-dealkylation sites (tertiary alicyclic amines) is 1. The molecule has 2 atom stereocenters. The van der Waals surface area contributed by atoms with Crippen LogP contribution in [0.3, 0.4) is 0 Å². The molecule has 1 aromatic rings. The fourth-order valence-corrected chi connectivity index (χ4v) is 3.59. The van der Waals surface area contributed by atoms with Gasteiger partial charge in [-0.15, -0.1) is 0 Å². The van der Waals surface area contributed by atoms with Crippen molar-refractivity contribution in [1.29, 1.82) is 0 Å². The number of nitrogens with one attached hydrogen (secondary N) is 1. The topological polar surface area (TPSA) is 67.5 Å². The summed E-state index contributed by atoms with van der Waals surface area (Å²) >= 11 is 0. The Bertz CT molecular complexity index is 575. The van der Waals surface area contributed by atoms with Crippen molar-refractivity contribution in [3.63, 3.8) is 0 Å². The molecule has 0 spiro atoms. The summed E-state index contributed by atoms with van der Waals surface area (Å²) in [5.41, 5.74) is 0.696. The lowest BCUT2D eigenvalue weighted by atomic mass is 10.1. The molecular weight excluding hydrogens is 306 g/mol. The standard InChI is InChI=1S/C18H29N3O3/c1-13-11-17(22)20-18(19-13)14(2)21-8-6-15(7-9-21)24-12-16-5-3-4-10-23-16/h11,14-16H,3-10,12H2,1-2H3,(H,19,20,22)/t14-,16+/m0/s1. The van der Waals surface area contributed by atoms with Crippen LogP contribution in [-0.4, -0.2) is 53.4 Å². The van der Waals surface area contributed by atoms with E-state index in [0.29, 0.717) is 6.10 Å². The van der Waals surface area contributed by atoms with Gasteiger partial charge in [-0.2, -0.15) is 0 Å². The molecule has 0 aliphatic carbocycles. The van der Waals surface area contributed by atoms with E-state index >= 15 is 0 Å². The SMILES string of the molecule is Cc1cc(=O)[nH]c([C@H](C)N2CCC(OC[C@H]3CCCCO3)CC2)n1. The smallest absolute Gasteiger partial charge is 0.251 e. The highest BCUT2D eigenvalue weighted by molar-refractivity contribution is 5.03. The van der Waals surface area contributed by atoms with Crippen LogP contribution in [0.25, 0.3) is 0 Å². The largest absolute Gasteiger partial charge is 0.376 e. The summed E-state index contributed by atoms with van der Waals surface area (Å²) in [4.78, 5) is 21.4. The quantitative estimate of drug-likeness (QED) is 0.893. The fraction of sp³-hybridized carbons (Fsp3) is 0.778. The van der Waals surface area contributed by atoms with Gasteiger partial charge in [-0.1, -0.05) is 0 Å². The Balaban J connectivity index is 1.46. The molecule has 24 heavy (non-hydrogen) atoms. The molecule has 0 unspecified atom stereocenters. The fourth-order valence-electron chi connectivity index (χ4n) is 3.59. The molecular formula is C18H29N3O3. The number of hydrogen-bond acceptors (Lipinski definition) is 5. The summed E-state index contributed by atoms with van der Waals surface area (Å²) in [6, 6.07) is 1.66. The van der Waals surface area contributed by atoms with Crippen molar-refractivity contribution in [3.8, 4) is 0 Å². The molecule has 6 nitrogen and oxygen atoms in total. The van der Waals surface area contributed by atoms with Gasteiger partial charge < -0.3 is 14.5 Å². The van der Waals surface area contributed by atoms with Crippen LogP contribution in [0.1, 0.15) is 56.6 Å². The van der Waals surface area contributed by atoms with Crippen LogP contribution in [0.5, 0.6) is 0 Å². The van der Waals surface area contributed by atoms with Crippen molar-refractivity contribution in [2.75, 3.05) is 26.3 Å². The summed E-state index contributed by atoms with van der Waals surface area (Å²) in [6.07, 6.45) is 6.22. The molecule has 6 heteroatoms. The Morgan fingerprint density at radius 2 is 2.17 bits per heavy atom. The number of ether oxygens (including phenoxy) is 2. The highest BCUT2D eigenvalue weighted by atomic mass is 16.5. The molecule has 0 saturated carbocycles. The van der Waals surface area contributed by atoms with Crippen molar-refractivity contribution in [2.24, 2.45) is 0 Å². The lowest BCUT2D eigenvalue weighted by Gasteiger charge is -2.36. The van der Waals surface area contributed by atoms with E-state index < -0.39 is 0 Å². The Hall–Kier alpha value is -1.24. The average molecular weight is 335 g/mol. The third-order valence-corrected chi connectivity index (χ3v) is 5.10. The number of H-pyrrole nitrogens is 1. The van der Waals surface area contributed by atoms with E-state index in [-0.39, 0.29) is 17.7 Å². The van der Waals surface area contributed by atoms with Crippen molar-refractivity contribution < 1.29 is 9.47 Å². The van der Waals surface area contributed by atoms with Gasteiger partial charge in [0.15, 0.2) is 0 Å². The second-order valence-electron chi connectivity index (χ2n) is 7.01. The van der Waals surface area contributed by atoms with Crippen molar-refractivity contribution in [2.45, 2.75) is 64.2 Å². The molecule has 134 valence electrons. The van der Waals surface area contributed by atoms with E-state index in [4.69, 9.17) is 9.47 Å². The van der Waals surface area contributed by atoms with E-state index in [1.165, 1.54) is 18.9 Å². The first-order valence-electron chi connectivity index (χ1n) is 9.17. The number of rotatable bonds is 5. The molecule has 3 rings (SSSR count). The van der Waals surface area contributed by atoms with Crippen LogP contribution < -0.4 is 5.56 Å². The van der Waals surface area contributed by atoms with Crippen LogP contribution in [0.4, 0.5) is 0 Å². The van der Waals surface area contributed by atoms with Crippen LogP contribution in [0.2, 0.25) is 0 Å². The summed E-state index contributed by atoms with van der Waals surface area (Å²) in [7, 11) is 0. The maximum Gasteiger partial charge on any atom is 0.251 e. The maximum atomic E-state index is 11.6. The van der Waals surface area contributed by atoms with Crippen molar-refractivity contribution in [1.82, 2.24) is 14.9 Å². The van der Waals surface area contributed by atoms with Gasteiger partial charge in [-0.3, -0.25) is 9.69 Å². The van der Waals surface area contributed by atoms with E-state index in [2.05, 4.69) is 21.8 Å². The van der Waals surface area contributed by atoms with Gasteiger partial charge >= 0.3 is 0 Å². The van der Waals surface area contributed by atoms with Crippen LogP contribution in [-0.2, 0) is 9.47 Å². The summed E-state index contributed by atoms with van der Waals surface area (Å²) in [5.74, 6) is 0.759. The Kier molecular flexibility index (Phi) is 6.03. The zero-order valence-electron chi connectivity index (χ0n) is 14.8. The Morgan fingerprint density at radius 3 is 2.83 bits per heavy atom. The second kappa shape index (κ2) is 8.23. The first kappa shape index (κ1) is 17.6. The summed E-state index contributed by atoms with van der Waals surface area (Å²) in [6.45, 7) is 7.51. The molecule has 1 N–H and O–H groups in total. The Morgan fingerprint density at radius 1 is 1.38 bits per heavy atom. The minimum atomic E-state index is -0.0740. The third-order valence-electron chi connectivity index (χ3n) is 5.10. The third kappa shape index (κ3) is 4.65. The van der Waals surface area contributed by atoms with Gasteiger partial charge in [-0.25, -0.2) is 4.98 Å². The lowest BCUT2D eigenvalue weighted by molar-refractivity contribution is -0.0770. The number of aromatic amines is 1.